The van der Waals surface area contributed by atoms with Crippen molar-refractivity contribution in [3.05, 3.63) is 0 Å². The molecule has 32 heavy (non-hydrogen) atoms. The number of carbonyl (C=O) groups excluding carboxylic acids is 5. The summed E-state index contributed by atoms with van der Waals surface area (Å²) in [4.78, 5) is 80.9. The minimum Gasteiger partial charge on any atom is -0.481 e. The molecule has 0 aliphatic heterocycles. The lowest BCUT2D eigenvalue weighted by Gasteiger charge is -2.24. The van der Waals surface area contributed by atoms with E-state index in [4.69, 9.17) is 27.4 Å². The molecule has 180 valence electrons. The van der Waals surface area contributed by atoms with Gasteiger partial charge in [0.2, 0.25) is 29.5 Å². The molecule has 0 rings (SSSR count). The first-order valence-electron chi connectivity index (χ1n) is 9.42. The van der Waals surface area contributed by atoms with Gasteiger partial charge < -0.3 is 43.4 Å². The van der Waals surface area contributed by atoms with Crippen molar-refractivity contribution in [2.24, 2.45) is 17.2 Å². The van der Waals surface area contributed by atoms with Crippen LogP contribution in [0.25, 0.3) is 0 Å². The highest BCUT2D eigenvalue weighted by molar-refractivity contribution is 5.95. The molecule has 0 radical (unpaired) electrons. The van der Waals surface area contributed by atoms with Crippen LogP contribution < -0.4 is 33.2 Å². The Morgan fingerprint density at radius 2 is 1.22 bits per heavy atom. The lowest BCUT2D eigenvalue weighted by atomic mass is 10.1. The molecule has 15 heteroatoms. The molecule has 0 aromatic carbocycles. The third-order valence-electron chi connectivity index (χ3n) is 4.09. The van der Waals surface area contributed by atoms with Gasteiger partial charge in [0, 0.05) is 12.8 Å². The van der Waals surface area contributed by atoms with Crippen LogP contribution in [-0.4, -0.2) is 75.9 Å². The molecule has 0 spiro atoms. The summed E-state index contributed by atoms with van der Waals surface area (Å²) in [5.41, 5.74) is 15.6. The lowest BCUT2D eigenvalue weighted by molar-refractivity contribution is -0.143. The van der Waals surface area contributed by atoms with Crippen molar-refractivity contribution in [2.45, 2.75) is 63.2 Å². The molecule has 0 aromatic rings. The summed E-state index contributed by atoms with van der Waals surface area (Å²) >= 11 is 0. The standard InChI is InChI=1S/C17H28N6O9/c1-7(17(31)32)21-15(29)9(3-5-12(20)25)22-16(30)10(6-13(26)27)23-14(28)8(18)2-4-11(19)24/h7-10H,2-6,18H2,1H3,(H2,19,24)(H2,20,25)(H,21,29)(H,22,30)(H,23,28)(H,26,27)(H,31,32). The number of primary amides is 2. The largest absolute Gasteiger partial charge is 0.481 e. The predicted molar refractivity (Wildman–Crippen MR) is 106 cm³/mol. The van der Waals surface area contributed by atoms with Crippen molar-refractivity contribution in [2.75, 3.05) is 0 Å². The Bertz CT molecular complexity index is 757. The van der Waals surface area contributed by atoms with E-state index in [1.807, 2.05) is 0 Å². The smallest absolute Gasteiger partial charge is 0.325 e. The van der Waals surface area contributed by atoms with Crippen LogP contribution in [0.4, 0.5) is 0 Å². The van der Waals surface area contributed by atoms with E-state index in [9.17, 15) is 33.6 Å². The van der Waals surface area contributed by atoms with Crippen molar-refractivity contribution in [1.82, 2.24) is 16.0 Å². The summed E-state index contributed by atoms with van der Waals surface area (Å²) in [6, 6.07) is -5.71. The second kappa shape index (κ2) is 13.5. The van der Waals surface area contributed by atoms with E-state index in [1.54, 1.807) is 0 Å². The van der Waals surface area contributed by atoms with Crippen LogP contribution >= 0.6 is 0 Å². The van der Waals surface area contributed by atoms with Crippen molar-refractivity contribution in [3.8, 4) is 0 Å². The zero-order valence-corrected chi connectivity index (χ0v) is 17.3. The molecular formula is C17H28N6O9. The quantitative estimate of drug-likeness (QED) is 0.117. The fourth-order valence-corrected chi connectivity index (χ4v) is 2.29. The van der Waals surface area contributed by atoms with E-state index in [0.717, 1.165) is 6.92 Å². The molecule has 11 N–H and O–H groups in total. The first-order valence-corrected chi connectivity index (χ1v) is 9.42. The minimum absolute atomic E-state index is 0.153. The first-order chi connectivity index (χ1) is 14.7. The third-order valence-corrected chi connectivity index (χ3v) is 4.09. The second-order valence-electron chi connectivity index (χ2n) is 6.91. The molecule has 0 saturated carbocycles. The zero-order chi connectivity index (χ0) is 25.0. The summed E-state index contributed by atoms with van der Waals surface area (Å²) in [7, 11) is 0. The van der Waals surface area contributed by atoms with Gasteiger partial charge in [-0.3, -0.25) is 33.6 Å². The number of rotatable bonds is 15. The van der Waals surface area contributed by atoms with Crippen LogP contribution in [0.5, 0.6) is 0 Å². The fourth-order valence-electron chi connectivity index (χ4n) is 2.29. The summed E-state index contributed by atoms with van der Waals surface area (Å²) in [5.74, 6) is -7.35. The maximum atomic E-state index is 12.6. The Hall–Kier alpha value is -3.75. The van der Waals surface area contributed by atoms with Crippen LogP contribution in [0.2, 0.25) is 0 Å². The lowest BCUT2D eigenvalue weighted by Crippen LogP contribution is -2.57. The number of hydrogen-bond acceptors (Lipinski definition) is 8. The maximum absolute atomic E-state index is 12.6. The number of aliphatic carboxylic acids is 2. The van der Waals surface area contributed by atoms with Crippen molar-refractivity contribution in [1.29, 1.82) is 0 Å². The average molecular weight is 460 g/mol. The Morgan fingerprint density at radius 3 is 1.69 bits per heavy atom. The molecule has 15 nitrogen and oxygen atoms in total. The van der Waals surface area contributed by atoms with Gasteiger partial charge in [-0.25, -0.2) is 0 Å². The van der Waals surface area contributed by atoms with Gasteiger partial charge in [-0.1, -0.05) is 0 Å². The van der Waals surface area contributed by atoms with Crippen molar-refractivity contribution in [3.63, 3.8) is 0 Å². The molecule has 0 aliphatic rings. The van der Waals surface area contributed by atoms with Crippen LogP contribution in [0, 0.1) is 0 Å². The molecule has 0 heterocycles. The summed E-state index contributed by atoms with van der Waals surface area (Å²) < 4.78 is 0. The van der Waals surface area contributed by atoms with E-state index in [2.05, 4.69) is 16.0 Å². The SMILES string of the molecule is CC(NC(=O)C(CCC(N)=O)NC(=O)C(CC(=O)O)NC(=O)C(N)CCC(N)=O)C(=O)O. The average Bonchev–Trinajstić information content (AvgIpc) is 2.67. The highest BCUT2D eigenvalue weighted by atomic mass is 16.4. The predicted octanol–water partition coefficient (Wildman–Crippen LogP) is -4.12. The van der Waals surface area contributed by atoms with Gasteiger partial charge in [-0.05, 0) is 19.8 Å². The highest BCUT2D eigenvalue weighted by Crippen LogP contribution is 2.03. The monoisotopic (exact) mass is 460 g/mol. The molecule has 0 aromatic heterocycles. The number of carboxylic acid groups (broad SMARTS) is 2. The molecular weight excluding hydrogens is 432 g/mol. The molecule has 4 unspecified atom stereocenters. The summed E-state index contributed by atoms with van der Waals surface area (Å²) in [5, 5.41) is 24.3. The van der Waals surface area contributed by atoms with Gasteiger partial charge in [-0.2, -0.15) is 0 Å². The van der Waals surface area contributed by atoms with Crippen LogP contribution in [0.3, 0.4) is 0 Å². The number of carbonyl (C=O) groups is 7. The van der Waals surface area contributed by atoms with Gasteiger partial charge in [0.1, 0.15) is 18.1 Å². The van der Waals surface area contributed by atoms with Crippen molar-refractivity contribution < 1.29 is 43.8 Å². The van der Waals surface area contributed by atoms with Crippen LogP contribution in [0.15, 0.2) is 0 Å². The third kappa shape index (κ3) is 11.4. The van der Waals surface area contributed by atoms with E-state index < -0.39 is 72.1 Å². The van der Waals surface area contributed by atoms with Gasteiger partial charge in [0.15, 0.2) is 0 Å². The Kier molecular flexibility index (Phi) is 11.9. The number of nitrogens with one attached hydrogen (secondary N) is 3. The van der Waals surface area contributed by atoms with Crippen LogP contribution in [-0.2, 0) is 33.6 Å². The number of carboxylic acids is 2. The maximum Gasteiger partial charge on any atom is 0.325 e. The molecule has 0 aliphatic carbocycles. The topological polar surface area (TPSA) is 274 Å². The zero-order valence-electron chi connectivity index (χ0n) is 17.3. The molecule has 0 fully saturated rings. The Balaban J connectivity index is 5.40. The van der Waals surface area contributed by atoms with E-state index in [0.29, 0.717) is 0 Å². The van der Waals surface area contributed by atoms with Crippen LogP contribution in [0.1, 0.15) is 39.0 Å². The Labute approximate surface area is 182 Å². The minimum atomic E-state index is -1.67. The van der Waals surface area contributed by atoms with Gasteiger partial charge in [-0.15, -0.1) is 0 Å². The molecule has 0 bridgehead atoms. The summed E-state index contributed by atoms with van der Waals surface area (Å²) in [6.07, 6.45) is -1.92. The highest BCUT2D eigenvalue weighted by Gasteiger charge is 2.30. The van der Waals surface area contributed by atoms with E-state index in [-0.39, 0.29) is 25.7 Å². The molecule has 5 amide bonds. The summed E-state index contributed by atoms with van der Waals surface area (Å²) in [6.45, 7) is 1.16. The van der Waals surface area contributed by atoms with E-state index >= 15 is 0 Å². The number of hydrogen-bond donors (Lipinski definition) is 8. The molecule has 0 saturated heterocycles. The van der Waals surface area contributed by atoms with E-state index in [1.165, 1.54) is 0 Å². The van der Waals surface area contributed by atoms with Crippen molar-refractivity contribution >= 4 is 41.5 Å². The van der Waals surface area contributed by atoms with Gasteiger partial charge in [0.25, 0.3) is 0 Å². The number of nitrogens with two attached hydrogens (primary N) is 3. The Morgan fingerprint density at radius 1 is 0.750 bits per heavy atom. The fraction of sp³-hybridized carbons (Fsp3) is 0.588. The van der Waals surface area contributed by atoms with Gasteiger partial charge >= 0.3 is 11.9 Å². The van der Waals surface area contributed by atoms with Gasteiger partial charge in [0.05, 0.1) is 12.5 Å². The normalized spacial score (nSPS) is 14.2. The molecule has 4 atom stereocenters. The number of amides is 5. The first kappa shape index (κ1) is 28.2. The second-order valence-corrected chi connectivity index (χ2v) is 6.91.